The van der Waals surface area contributed by atoms with Gasteiger partial charge in [0.05, 0.1) is 11.0 Å². The van der Waals surface area contributed by atoms with E-state index in [-0.39, 0.29) is 0 Å². The van der Waals surface area contributed by atoms with Crippen LogP contribution < -0.4 is 0 Å². The predicted molar refractivity (Wildman–Crippen MR) is 194 cm³/mol. The molecule has 0 N–H and O–H groups in total. The summed E-state index contributed by atoms with van der Waals surface area (Å²) < 4.78 is 17.7. The molecule has 0 saturated heterocycles. The first-order valence-corrected chi connectivity index (χ1v) is 16.3. The van der Waals surface area contributed by atoms with Crippen molar-refractivity contribution in [2.75, 3.05) is 0 Å². The summed E-state index contributed by atoms with van der Waals surface area (Å²) in [6.07, 6.45) is 0. The van der Waals surface area contributed by atoms with Crippen molar-refractivity contribution in [1.82, 2.24) is 4.57 Å². The van der Waals surface area contributed by atoms with Crippen LogP contribution in [0.2, 0.25) is 0 Å². The summed E-state index contributed by atoms with van der Waals surface area (Å²) in [6.45, 7) is 0. The van der Waals surface area contributed by atoms with E-state index in [1.807, 2.05) is 29.5 Å². The highest BCUT2D eigenvalue weighted by Gasteiger charge is 2.20. The normalized spacial score (nSPS) is 12.3. The highest BCUT2D eigenvalue weighted by molar-refractivity contribution is 7.25. The summed E-state index contributed by atoms with van der Waals surface area (Å²) in [6, 6.07) is 49.9. The molecule has 0 saturated carbocycles. The largest absolute Gasteiger partial charge is 0.456 e. The molecule has 0 aliphatic rings. The van der Waals surface area contributed by atoms with Crippen LogP contribution >= 0.6 is 11.3 Å². The minimum absolute atomic E-state index is 0.914. The summed E-state index contributed by atoms with van der Waals surface area (Å²) in [5.41, 5.74) is 9.50. The van der Waals surface area contributed by atoms with E-state index in [2.05, 4.69) is 126 Å². The summed E-state index contributed by atoms with van der Waals surface area (Å²) in [5.74, 6) is 0. The van der Waals surface area contributed by atoms with Gasteiger partial charge in [-0.05, 0) is 59.7 Å². The molecule has 214 valence electrons. The Bertz CT molecular complexity index is 3040. The number of furan rings is 2. The highest BCUT2D eigenvalue weighted by atomic mass is 32.1. The maximum atomic E-state index is 6.57. The Balaban J connectivity index is 1.14. The Kier molecular flexibility index (Phi) is 4.72. The molecular weight excluding hydrogens is 583 g/mol. The maximum absolute atomic E-state index is 6.57. The molecule has 0 unspecified atom stereocenters. The van der Waals surface area contributed by atoms with Crippen LogP contribution in [0.4, 0.5) is 0 Å². The number of para-hydroxylation sites is 3. The fraction of sp³-hybridized carbons (Fsp3) is 0. The lowest BCUT2D eigenvalue weighted by molar-refractivity contribution is 0.669. The zero-order valence-corrected chi connectivity index (χ0v) is 25.3. The van der Waals surface area contributed by atoms with Crippen molar-refractivity contribution < 1.29 is 8.83 Å². The van der Waals surface area contributed by atoms with Crippen LogP contribution in [0.1, 0.15) is 0 Å². The van der Waals surface area contributed by atoms with E-state index in [0.717, 1.165) is 49.7 Å². The number of fused-ring (bicyclic) bond motifs is 13. The van der Waals surface area contributed by atoms with Gasteiger partial charge in [0.1, 0.15) is 16.7 Å². The van der Waals surface area contributed by atoms with Crippen LogP contribution in [-0.2, 0) is 0 Å². The van der Waals surface area contributed by atoms with E-state index in [9.17, 15) is 0 Å². The molecule has 3 nitrogen and oxygen atoms in total. The fourth-order valence-electron chi connectivity index (χ4n) is 7.59. The quantitative estimate of drug-likeness (QED) is 0.196. The number of nitrogens with zero attached hydrogens (tertiary/aromatic N) is 1. The minimum atomic E-state index is 0.914. The lowest BCUT2D eigenvalue weighted by atomic mass is 9.98. The van der Waals surface area contributed by atoms with E-state index in [1.54, 1.807) is 0 Å². The SMILES string of the molecule is c1ccc2c(c1)oc1c2ccc2c3ccccc3n(-c3ccc4c(c3)sc3cc(-c5cccc6oc7ccccc7c56)ccc34)c21. The van der Waals surface area contributed by atoms with E-state index in [4.69, 9.17) is 8.83 Å². The molecule has 11 aromatic rings. The van der Waals surface area contributed by atoms with Gasteiger partial charge in [0.25, 0.3) is 0 Å². The Hall–Kier alpha value is -5.84. The third-order valence-corrected chi connectivity index (χ3v) is 10.7. The number of hydrogen-bond donors (Lipinski definition) is 0. The fourth-order valence-corrected chi connectivity index (χ4v) is 8.76. The number of rotatable bonds is 2. The molecule has 11 rings (SSSR count). The first kappa shape index (κ1) is 24.5. The van der Waals surface area contributed by atoms with Crippen molar-refractivity contribution in [3.63, 3.8) is 0 Å². The molecule has 4 aromatic heterocycles. The third kappa shape index (κ3) is 3.21. The van der Waals surface area contributed by atoms with Crippen molar-refractivity contribution >= 4 is 97.2 Å². The zero-order valence-electron chi connectivity index (χ0n) is 24.5. The first-order chi connectivity index (χ1) is 22.8. The Morgan fingerprint density at radius 3 is 2.02 bits per heavy atom. The molecule has 4 heterocycles. The minimum Gasteiger partial charge on any atom is -0.456 e. The van der Waals surface area contributed by atoms with Gasteiger partial charge in [0.15, 0.2) is 5.58 Å². The molecule has 0 atom stereocenters. The molecule has 0 radical (unpaired) electrons. The second kappa shape index (κ2) is 8.87. The van der Waals surface area contributed by atoms with E-state index in [0.29, 0.717) is 0 Å². The molecule has 0 fully saturated rings. The summed E-state index contributed by atoms with van der Waals surface area (Å²) in [7, 11) is 0. The molecule has 0 amide bonds. The second-order valence-electron chi connectivity index (χ2n) is 12.1. The molecule has 0 aliphatic heterocycles. The Morgan fingerprint density at radius 1 is 0.457 bits per heavy atom. The molecular formula is C42H23NO2S. The monoisotopic (exact) mass is 605 g/mol. The van der Waals surface area contributed by atoms with Gasteiger partial charge in [-0.1, -0.05) is 91.0 Å². The second-order valence-corrected chi connectivity index (χ2v) is 13.1. The van der Waals surface area contributed by atoms with Crippen molar-refractivity contribution in [2.45, 2.75) is 0 Å². The molecule has 46 heavy (non-hydrogen) atoms. The van der Waals surface area contributed by atoms with Crippen LogP contribution in [0.15, 0.2) is 148 Å². The van der Waals surface area contributed by atoms with E-state index in [1.165, 1.54) is 53.0 Å². The Morgan fingerprint density at radius 2 is 1.13 bits per heavy atom. The Labute approximate surface area is 266 Å². The summed E-state index contributed by atoms with van der Waals surface area (Å²) in [5, 5.41) is 9.58. The number of aromatic nitrogens is 1. The van der Waals surface area contributed by atoms with Crippen LogP contribution in [0, 0.1) is 0 Å². The van der Waals surface area contributed by atoms with E-state index >= 15 is 0 Å². The molecule has 0 aliphatic carbocycles. The van der Waals surface area contributed by atoms with Crippen molar-refractivity contribution in [3.8, 4) is 16.8 Å². The van der Waals surface area contributed by atoms with Crippen molar-refractivity contribution in [2.24, 2.45) is 0 Å². The van der Waals surface area contributed by atoms with Gasteiger partial charge in [-0.3, -0.25) is 0 Å². The lowest BCUT2D eigenvalue weighted by Crippen LogP contribution is -1.93. The smallest absolute Gasteiger partial charge is 0.160 e. The summed E-state index contributed by atoms with van der Waals surface area (Å²) in [4.78, 5) is 0. The maximum Gasteiger partial charge on any atom is 0.160 e. The van der Waals surface area contributed by atoms with Gasteiger partial charge >= 0.3 is 0 Å². The van der Waals surface area contributed by atoms with Gasteiger partial charge in [-0.25, -0.2) is 0 Å². The number of benzene rings is 7. The lowest BCUT2D eigenvalue weighted by Gasteiger charge is -2.08. The first-order valence-electron chi connectivity index (χ1n) is 15.5. The van der Waals surface area contributed by atoms with Gasteiger partial charge in [0, 0.05) is 58.2 Å². The third-order valence-electron chi connectivity index (χ3n) is 9.61. The van der Waals surface area contributed by atoms with Gasteiger partial charge < -0.3 is 13.4 Å². The molecule has 0 bridgehead atoms. The number of thiophene rings is 1. The number of hydrogen-bond acceptors (Lipinski definition) is 3. The van der Waals surface area contributed by atoms with Crippen molar-refractivity contribution in [1.29, 1.82) is 0 Å². The summed E-state index contributed by atoms with van der Waals surface area (Å²) >= 11 is 1.85. The van der Waals surface area contributed by atoms with Gasteiger partial charge in [-0.15, -0.1) is 11.3 Å². The highest BCUT2D eigenvalue weighted by Crippen LogP contribution is 2.43. The molecule has 4 heteroatoms. The van der Waals surface area contributed by atoms with Crippen LogP contribution in [0.5, 0.6) is 0 Å². The van der Waals surface area contributed by atoms with Gasteiger partial charge in [-0.2, -0.15) is 0 Å². The molecule has 0 spiro atoms. The zero-order chi connectivity index (χ0) is 29.9. The average Bonchev–Trinajstić information content (AvgIpc) is 3.86. The van der Waals surface area contributed by atoms with Crippen LogP contribution in [0.3, 0.4) is 0 Å². The topological polar surface area (TPSA) is 31.2 Å². The molecule has 7 aromatic carbocycles. The predicted octanol–water partition coefficient (Wildman–Crippen LogP) is 12.6. The average molecular weight is 606 g/mol. The standard InChI is InChI=1S/C42H23NO2S/c1-4-12-34-27(8-1)31-20-21-32-28-9-2-5-13-35(28)45-42(32)41(31)43(34)25-17-19-30-29-18-16-24(22-38(29)46-39(30)23-25)26-11-7-15-37-40(26)33-10-3-6-14-36(33)44-37/h1-23H. The van der Waals surface area contributed by atoms with Crippen LogP contribution in [0.25, 0.3) is 103 Å². The van der Waals surface area contributed by atoms with Gasteiger partial charge in [0.2, 0.25) is 0 Å². The van der Waals surface area contributed by atoms with E-state index < -0.39 is 0 Å². The van der Waals surface area contributed by atoms with Crippen LogP contribution in [-0.4, -0.2) is 4.57 Å². The van der Waals surface area contributed by atoms with Crippen molar-refractivity contribution in [3.05, 3.63) is 140 Å².